The molecule has 0 aliphatic carbocycles. The van der Waals surface area contributed by atoms with Crippen LogP contribution in [0.15, 0.2) is 48.7 Å². The van der Waals surface area contributed by atoms with Crippen LogP contribution in [0.5, 0.6) is 0 Å². The molecule has 0 N–H and O–H groups in total. The first kappa shape index (κ1) is 9.91. The summed E-state index contributed by atoms with van der Waals surface area (Å²) in [5, 5.41) is 0. The summed E-state index contributed by atoms with van der Waals surface area (Å²) in [6, 6.07) is 14.7. The first-order valence-electron chi connectivity index (χ1n) is 5.30. The number of aryl methyl sites for hydroxylation is 3. The molecule has 0 fully saturated rings. The number of nitrogens with zero attached hydrogens (tertiary/aromatic N) is 1. The number of benzene rings is 1. The predicted molar refractivity (Wildman–Crippen MR) is 62.8 cm³/mol. The first-order chi connectivity index (χ1) is 7.34. The maximum atomic E-state index is 4.32. The highest BCUT2D eigenvalue weighted by molar-refractivity contribution is 5.23. The van der Waals surface area contributed by atoms with E-state index >= 15 is 0 Å². The molecule has 1 aromatic heterocycles. The molecular formula is C14H15N. The van der Waals surface area contributed by atoms with Gasteiger partial charge in [0.1, 0.15) is 0 Å². The quantitative estimate of drug-likeness (QED) is 0.736. The van der Waals surface area contributed by atoms with Gasteiger partial charge in [-0.15, -0.1) is 0 Å². The van der Waals surface area contributed by atoms with Gasteiger partial charge < -0.3 is 0 Å². The zero-order valence-electron chi connectivity index (χ0n) is 8.98. The summed E-state index contributed by atoms with van der Waals surface area (Å²) in [5.74, 6) is 0. The highest BCUT2D eigenvalue weighted by Crippen LogP contribution is 2.07. The Labute approximate surface area is 90.8 Å². The molecule has 1 nitrogen and oxygen atoms in total. The summed E-state index contributed by atoms with van der Waals surface area (Å²) < 4.78 is 0. The first-order valence-corrected chi connectivity index (χ1v) is 5.30. The minimum Gasteiger partial charge on any atom is -0.261 e. The molecule has 2 aromatic rings. The van der Waals surface area contributed by atoms with Crippen molar-refractivity contribution in [1.82, 2.24) is 4.98 Å². The average Bonchev–Trinajstić information content (AvgIpc) is 2.28. The average molecular weight is 197 g/mol. The smallest absolute Gasteiger partial charge is 0.0406 e. The van der Waals surface area contributed by atoms with E-state index in [2.05, 4.69) is 42.2 Å². The predicted octanol–water partition coefficient (Wildman–Crippen LogP) is 3.18. The molecule has 0 bridgehead atoms. The number of pyridine rings is 1. The van der Waals surface area contributed by atoms with Crippen LogP contribution in [0, 0.1) is 6.92 Å². The van der Waals surface area contributed by atoms with Gasteiger partial charge in [0.15, 0.2) is 0 Å². The van der Waals surface area contributed by atoms with E-state index in [4.69, 9.17) is 0 Å². The summed E-state index contributed by atoms with van der Waals surface area (Å²) in [6.45, 7) is 2.13. The number of aromatic nitrogens is 1. The van der Waals surface area contributed by atoms with Crippen molar-refractivity contribution < 1.29 is 0 Å². The van der Waals surface area contributed by atoms with E-state index < -0.39 is 0 Å². The molecule has 0 aliphatic rings. The molecule has 0 atom stereocenters. The highest BCUT2D eigenvalue weighted by Gasteiger charge is 1.96. The van der Waals surface area contributed by atoms with Crippen molar-refractivity contribution in [3.05, 3.63) is 65.5 Å². The highest BCUT2D eigenvalue weighted by atomic mass is 14.7. The maximum Gasteiger partial charge on any atom is 0.0406 e. The largest absolute Gasteiger partial charge is 0.261 e. The Bertz CT molecular complexity index is 420. The van der Waals surface area contributed by atoms with Gasteiger partial charge in [-0.2, -0.15) is 0 Å². The molecule has 15 heavy (non-hydrogen) atoms. The molecule has 0 unspecified atom stereocenters. The summed E-state index contributed by atoms with van der Waals surface area (Å²) in [5.41, 5.74) is 3.88. The lowest BCUT2D eigenvalue weighted by molar-refractivity contribution is 0.912. The second-order valence-corrected chi connectivity index (χ2v) is 3.81. The van der Waals surface area contributed by atoms with Crippen LogP contribution in [-0.4, -0.2) is 4.98 Å². The van der Waals surface area contributed by atoms with Gasteiger partial charge in [-0.1, -0.05) is 35.9 Å². The Kier molecular flexibility index (Phi) is 3.13. The van der Waals surface area contributed by atoms with Crippen LogP contribution >= 0.6 is 0 Å². The van der Waals surface area contributed by atoms with Gasteiger partial charge in [0.05, 0.1) is 0 Å². The normalized spacial score (nSPS) is 10.2. The fourth-order valence-corrected chi connectivity index (χ4v) is 1.69. The van der Waals surface area contributed by atoms with E-state index in [1.807, 2.05) is 18.3 Å². The molecule has 0 amide bonds. The van der Waals surface area contributed by atoms with Gasteiger partial charge in [0, 0.05) is 11.9 Å². The molecule has 0 radical (unpaired) electrons. The molecule has 0 saturated carbocycles. The Morgan fingerprint density at radius 2 is 1.93 bits per heavy atom. The van der Waals surface area contributed by atoms with E-state index in [0.29, 0.717) is 0 Å². The third-order valence-electron chi connectivity index (χ3n) is 2.48. The fourth-order valence-electron chi connectivity index (χ4n) is 1.69. The zero-order chi connectivity index (χ0) is 10.5. The summed E-state index contributed by atoms with van der Waals surface area (Å²) in [6.07, 6.45) is 3.94. The van der Waals surface area contributed by atoms with Gasteiger partial charge in [0.2, 0.25) is 0 Å². The van der Waals surface area contributed by atoms with Crippen molar-refractivity contribution in [2.45, 2.75) is 19.8 Å². The van der Waals surface area contributed by atoms with Crippen molar-refractivity contribution in [2.75, 3.05) is 0 Å². The molecule has 1 aromatic carbocycles. The fraction of sp³-hybridized carbons (Fsp3) is 0.214. The second kappa shape index (κ2) is 4.74. The summed E-state index contributed by atoms with van der Waals surface area (Å²) in [7, 11) is 0. The van der Waals surface area contributed by atoms with E-state index in [-0.39, 0.29) is 0 Å². The van der Waals surface area contributed by atoms with E-state index in [0.717, 1.165) is 12.8 Å². The molecule has 2 rings (SSSR count). The summed E-state index contributed by atoms with van der Waals surface area (Å²) in [4.78, 5) is 4.32. The lowest BCUT2D eigenvalue weighted by Gasteiger charge is -2.02. The van der Waals surface area contributed by atoms with Crippen molar-refractivity contribution in [2.24, 2.45) is 0 Å². The zero-order valence-corrected chi connectivity index (χ0v) is 8.98. The van der Waals surface area contributed by atoms with Gasteiger partial charge in [-0.05, 0) is 37.5 Å². The van der Waals surface area contributed by atoms with E-state index in [1.54, 1.807) is 0 Å². The third kappa shape index (κ3) is 2.91. The number of hydrogen-bond donors (Lipinski definition) is 0. The van der Waals surface area contributed by atoms with Crippen LogP contribution < -0.4 is 0 Å². The Morgan fingerprint density at radius 3 is 2.67 bits per heavy atom. The second-order valence-electron chi connectivity index (χ2n) is 3.81. The molecule has 0 spiro atoms. The number of hydrogen-bond acceptors (Lipinski definition) is 1. The molecule has 76 valence electrons. The van der Waals surface area contributed by atoms with E-state index in [1.165, 1.54) is 16.8 Å². The molecule has 1 heteroatoms. The molecule has 0 saturated heterocycles. The standard InChI is InChI=1S/C14H15N/c1-12-5-4-6-13(11-12)8-9-14-7-2-3-10-15-14/h2-7,10-11H,8-9H2,1H3. The summed E-state index contributed by atoms with van der Waals surface area (Å²) >= 11 is 0. The Morgan fingerprint density at radius 1 is 1.00 bits per heavy atom. The van der Waals surface area contributed by atoms with Crippen LogP contribution in [0.3, 0.4) is 0 Å². The Balaban J connectivity index is 1.99. The van der Waals surface area contributed by atoms with Crippen molar-refractivity contribution in [3.8, 4) is 0 Å². The SMILES string of the molecule is Cc1cccc(CCc2ccccn2)c1. The van der Waals surface area contributed by atoms with Gasteiger partial charge in [0.25, 0.3) is 0 Å². The topological polar surface area (TPSA) is 12.9 Å². The van der Waals surface area contributed by atoms with Crippen molar-refractivity contribution in [1.29, 1.82) is 0 Å². The molecule has 1 heterocycles. The molecular weight excluding hydrogens is 182 g/mol. The van der Waals surface area contributed by atoms with Crippen LogP contribution in [0.25, 0.3) is 0 Å². The Hall–Kier alpha value is -1.63. The van der Waals surface area contributed by atoms with Crippen LogP contribution in [0.1, 0.15) is 16.8 Å². The van der Waals surface area contributed by atoms with E-state index in [9.17, 15) is 0 Å². The maximum absolute atomic E-state index is 4.32. The van der Waals surface area contributed by atoms with Crippen molar-refractivity contribution in [3.63, 3.8) is 0 Å². The lowest BCUT2D eigenvalue weighted by Crippen LogP contribution is -1.93. The number of rotatable bonds is 3. The monoisotopic (exact) mass is 197 g/mol. The molecule has 0 aliphatic heterocycles. The van der Waals surface area contributed by atoms with Gasteiger partial charge in [-0.25, -0.2) is 0 Å². The lowest BCUT2D eigenvalue weighted by atomic mass is 10.1. The minimum absolute atomic E-state index is 1.02. The van der Waals surface area contributed by atoms with Crippen molar-refractivity contribution >= 4 is 0 Å². The van der Waals surface area contributed by atoms with Crippen LogP contribution in [0.4, 0.5) is 0 Å². The van der Waals surface area contributed by atoms with Crippen LogP contribution in [-0.2, 0) is 12.8 Å². The minimum atomic E-state index is 1.02. The van der Waals surface area contributed by atoms with Crippen LogP contribution in [0.2, 0.25) is 0 Å². The third-order valence-corrected chi connectivity index (χ3v) is 2.48. The van der Waals surface area contributed by atoms with Gasteiger partial charge >= 0.3 is 0 Å². The van der Waals surface area contributed by atoms with Gasteiger partial charge in [-0.3, -0.25) is 4.98 Å².